The summed E-state index contributed by atoms with van der Waals surface area (Å²) in [6, 6.07) is 12.7. The molecule has 2 aromatic rings. The van der Waals surface area contributed by atoms with Crippen molar-refractivity contribution in [2.45, 2.75) is 6.42 Å². The van der Waals surface area contributed by atoms with Crippen molar-refractivity contribution in [3.05, 3.63) is 48.0 Å². The van der Waals surface area contributed by atoms with Crippen LogP contribution in [0.1, 0.15) is 5.56 Å². The lowest BCUT2D eigenvalue weighted by Crippen LogP contribution is -1.97. The predicted octanol–water partition coefficient (Wildman–Crippen LogP) is 2.95. The van der Waals surface area contributed by atoms with Gasteiger partial charge in [0, 0.05) is 18.7 Å². The molecule has 18 heavy (non-hydrogen) atoms. The van der Waals surface area contributed by atoms with E-state index in [1.54, 1.807) is 13.2 Å². The Morgan fingerprint density at radius 2 is 1.78 bits per heavy atom. The van der Waals surface area contributed by atoms with Gasteiger partial charge in [0.25, 0.3) is 0 Å². The second-order valence-corrected chi connectivity index (χ2v) is 4.11. The number of methoxy groups -OCH3 is 1. The van der Waals surface area contributed by atoms with Crippen molar-refractivity contribution in [1.29, 1.82) is 0 Å². The number of rotatable bonds is 4. The predicted molar refractivity (Wildman–Crippen MR) is 70.8 cm³/mol. The first-order valence-electron chi connectivity index (χ1n) is 5.81. The Bertz CT molecular complexity index is 521. The average molecular weight is 244 g/mol. The molecule has 0 atom stereocenters. The molecule has 0 amide bonds. The highest BCUT2D eigenvalue weighted by atomic mass is 16.5. The van der Waals surface area contributed by atoms with E-state index in [0.29, 0.717) is 13.0 Å². The molecule has 0 aromatic heterocycles. The second kappa shape index (κ2) is 5.56. The van der Waals surface area contributed by atoms with E-state index in [0.717, 1.165) is 16.7 Å². The normalized spacial score (nSPS) is 10.5. The highest BCUT2D eigenvalue weighted by Crippen LogP contribution is 2.36. The number of aromatic hydroxyl groups is 2. The van der Waals surface area contributed by atoms with Crippen LogP contribution in [-0.4, -0.2) is 23.9 Å². The van der Waals surface area contributed by atoms with Gasteiger partial charge in [-0.05, 0) is 23.6 Å². The van der Waals surface area contributed by atoms with Crippen molar-refractivity contribution in [2.75, 3.05) is 13.7 Å². The maximum Gasteiger partial charge on any atom is 0.127 e. The molecular formula is C15H16O3. The quantitative estimate of drug-likeness (QED) is 0.869. The van der Waals surface area contributed by atoms with Gasteiger partial charge >= 0.3 is 0 Å². The van der Waals surface area contributed by atoms with Crippen LogP contribution in [0, 0.1) is 0 Å². The van der Waals surface area contributed by atoms with E-state index in [1.165, 1.54) is 6.07 Å². The summed E-state index contributed by atoms with van der Waals surface area (Å²) < 4.78 is 5.05. The fourth-order valence-electron chi connectivity index (χ4n) is 2.02. The Kier molecular flexibility index (Phi) is 3.85. The van der Waals surface area contributed by atoms with Crippen LogP contribution < -0.4 is 0 Å². The van der Waals surface area contributed by atoms with Crippen molar-refractivity contribution in [1.82, 2.24) is 0 Å². The second-order valence-electron chi connectivity index (χ2n) is 4.11. The third-order valence-electron chi connectivity index (χ3n) is 2.82. The first-order chi connectivity index (χ1) is 8.72. The van der Waals surface area contributed by atoms with Crippen molar-refractivity contribution < 1.29 is 14.9 Å². The number of ether oxygens (including phenoxy) is 1. The Labute approximate surface area is 106 Å². The molecule has 3 nitrogen and oxygen atoms in total. The molecule has 0 heterocycles. The summed E-state index contributed by atoms with van der Waals surface area (Å²) in [5.41, 5.74) is 2.56. The van der Waals surface area contributed by atoms with E-state index in [1.807, 2.05) is 30.3 Å². The Morgan fingerprint density at radius 3 is 2.44 bits per heavy atom. The van der Waals surface area contributed by atoms with E-state index in [-0.39, 0.29) is 11.5 Å². The summed E-state index contributed by atoms with van der Waals surface area (Å²) in [5.74, 6) is 0.158. The van der Waals surface area contributed by atoms with E-state index in [2.05, 4.69) is 0 Å². The van der Waals surface area contributed by atoms with Gasteiger partial charge in [-0.15, -0.1) is 0 Å². The zero-order valence-electron chi connectivity index (χ0n) is 10.3. The third kappa shape index (κ3) is 2.63. The summed E-state index contributed by atoms with van der Waals surface area (Å²) in [6.07, 6.45) is 0.642. The van der Waals surface area contributed by atoms with Crippen molar-refractivity contribution >= 4 is 0 Å². The van der Waals surface area contributed by atoms with Crippen molar-refractivity contribution in [3.8, 4) is 22.6 Å². The average Bonchev–Trinajstić information content (AvgIpc) is 2.36. The van der Waals surface area contributed by atoms with Gasteiger partial charge < -0.3 is 14.9 Å². The first kappa shape index (κ1) is 12.5. The minimum atomic E-state index is 0.0679. The molecule has 0 aliphatic heterocycles. The fraction of sp³-hybridized carbons (Fsp3) is 0.200. The van der Waals surface area contributed by atoms with Crippen LogP contribution in [0.4, 0.5) is 0 Å². The van der Waals surface area contributed by atoms with Gasteiger partial charge in [0.15, 0.2) is 0 Å². The number of phenols is 2. The minimum Gasteiger partial charge on any atom is -0.508 e. The standard InChI is InChI=1S/C15H16O3/c1-18-8-7-12-9-13(16)10-14(17)15(12)11-5-3-2-4-6-11/h2-6,9-10,16-17H,7-8H2,1H3. The molecule has 0 spiro atoms. The summed E-state index contributed by atoms with van der Waals surface area (Å²) in [5, 5.41) is 19.6. The Hall–Kier alpha value is -2.00. The van der Waals surface area contributed by atoms with Crippen LogP contribution in [0.5, 0.6) is 11.5 Å². The first-order valence-corrected chi connectivity index (χ1v) is 5.81. The monoisotopic (exact) mass is 244 g/mol. The fourth-order valence-corrected chi connectivity index (χ4v) is 2.02. The third-order valence-corrected chi connectivity index (χ3v) is 2.82. The van der Waals surface area contributed by atoms with E-state index in [4.69, 9.17) is 4.74 Å². The van der Waals surface area contributed by atoms with Crippen LogP contribution in [0.3, 0.4) is 0 Å². The lowest BCUT2D eigenvalue weighted by molar-refractivity contribution is 0.202. The van der Waals surface area contributed by atoms with Crippen molar-refractivity contribution in [3.63, 3.8) is 0 Å². The highest BCUT2D eigenvalue weighted by molar-refractivity contribution is 5.74. The summed E-state index contributed by atoms with van der Waals surface area (Å²) in [4.78, 5) is 0. The smallest absolute Gasteiger partial charge is 0.127 e. The molecular weight excluding hydrogens is 228 g/mol. The number of hydrogen-bond acceptors (Lipinski definition) is 3. The molecule has 0 bridgehead atoms. The highest BCUT2D eigenvalue weighted by Gasteiger charge is 2.12. The van der Waals surface area contributed by atoms with Gasteiger partial charge in [-0.3, -0.25) is 0 Å². The molecule has 0 aliphatic carbocycles. The van der Waals surface area contributed by atoms with Crippen LogP contribution in [0.15, 0.2) is 42.5 Å². The largest absolute Gasteiger partial charge is 0.508 e. The Balaban J connectivity index is 2.50. The molecule has 2 aromatic carbocycles. The van der Waals surface area contributed by atoms with Gasteiger partial charge in [0.2, 0.25) is 0 Å². The zero-order chi connectivity index (χ0) is 13.0. The molecule has 0 radical (unpaired) electrons. The Morgan fingerprint density at radius 1 is 1.06 bits per heavy atom. The molecule has 0 saturated carbocycles. The maximum atomic E-state index is 10.0. The molecule has 0 unspecified atom stereocenters. The van der Waals surface area contributed by atoms with Gasteiger partial charge in [-0.1, -0.05) is 30.3 Å². The number of phenolic OH excluding ortho intramolecular Hbond substituents is 2. The summed E-state index contributed by atoms with van der Waals surface area (Å²) in [6.45, 7) is 0.544. The van der Waals surface area contributed by atoms with Gasteiger partial charge in [0.1, 0.15) is 11.5 Å². The molecule has 0 fully saturated rings. The van der Waals surface area contributed by atoms with E-state index in [9.17, 15) is 10.2 Å². The minimum absolute atomic E-state index is 0.0679. The van der Waals surface area contributed by atoms with E-state index < -0.39 is 0 Å². The summed E-state index contributed by atoms with van der Waals surface area (Å²) in [7, 11) is 1.63. The molecule has 2 N–H and O–H groups in total. The van der Waals surface area contributed by atoms with Crippen LogP contribution in [0.25, 0.3) is 11.1 Å². The molecule has 2 rings (SSSR count). The topological polar surface area (TPSA) is 49.7 Å². The molecule has 0 saturated heterocycles. The van der Waals surface area contributed by atoms with E-state index >= 15 is 0 Å². The van der Waals surface area contributed by atoms with Gasteiger partial charge in [-0.2, -0.15) is 0 Å². The lowest BCUT2D eigenvalue weighted by Gasteiger charge is -2.12. The van der Waals surface area contributed by atoms with Crippen LogP contribution >= 0.6 is 0 Å². The number of hydrogen-bond donors (Lipinski definition) is 2. The number of benzene rings is 2. The lowest BCUT2D eigenvalue weighted by atomic mass is 9.96. The maximum absolute atomic E-state index is 10.0. The molecule has 94 valence electrons. The van der Waals surface area contributed by atoms with Gasteiger partial charge in [0.05, 0.1) is 6.61 Å². The van der Waals surface area contributed by atoms with Gasteiger partial charge in [-0.25, -0.2) is 0 Å². The molecule has 0 aliphatic rings. The SMILES string of the molecule is COCCc1cc(O)cc(O)c1-c1ccccc1. The summed E-state index contributed by atoms with van der Waals surface area (Å²) >= 11 is 0. The van der Waals surface area contributed by atoms with Crippen LogP contribution in [0.2, 0.25) is 0 Å². The van der Waals surface area contributed by atoms with Crippen LogP contribution in [-0.2, 0) is 11.2 Å². The zero-order valence-corrected chi connectivity index (χ0v) is 10.3. The molecule has 3 heteroatoms. The van der Waals surface area contributed by atoms with Crippen molar-refractivity contribution in [2.24, 2.45) is 0 Å².